The third-order valence-electron chi connectivity index (χ3n) is 3.81. The smallest absolute Gasteiger partial charge is 0.389 e. The van der Waals surface area contributed by atoms with Crippen molar-refractivity contribution in [2.45, 2.75) is 25.4 Å². The van der Waals surface area contributed by atoms with Gasteiger partial charge in [-0.05, 0) is 42.2 Å². The third kappa shape index (κ3) is 5.91. The maximum Gasteiger partial charge on any atom is 0.389 e. The topological polar surface area (TPSA) is 66.4 Å². The highest BCUT2D eigenvalue weighted by atomic mass is 19.4. The number of hydrogen-bond donors (Lipinski definition) is 2. The number of amides is 1. The lowest BCUT2D eigenvalue weighted by Gasteiger charge is -2.11. The van der Waals surface area contributed by atoms with E-state index in [1.807, 2.05) is 0 Å². The van der Waals surface area contributed by atoms with Crippen molar-refractivity contribution >= 4 is 11.9 Å². The predicted molar refractivity (Wildman–Crippen MR) is 90.3 cm³/mol. The highest BCUT2D eigenvalue weighted by Gasteiger charge is 2.27. The van der Waals surface area contributed by atoms with Gasteiger partial charge in [0.15, 0.2) is 0 Å². The standard InChI is InChI=1S/C19H18F3NO3/c20-19(21,22)10-8-14-5-1-2-7-16(14)17(24)23-11-9-13-4-3-6-15(12-13)18(25)26/h1-7,12H,8-11H2,(H,23,24)(H,25,26). The number of aryl methyl sites for hydroxylation is 1. The maximum atomic E-state index is 12.4. The summed E-state index contributed by atoms with van der Waals surface area (Å²) in [5.74, 6) is -1.48. The van der Waals surface area contributed by atoms with Gasteiger partial charge in [-0.1, -0.05) is 30.3 Å². The Hall–Kier alpha value is -2.83. The molecule has 0 aromatic heterocycles. The summed E-state index contributed by atoms with van der Waals surface area (Å²) >= 11 is 0. The molecule has 0 spiro atoms. The first-order chi connectivity index (χ1) is 12.3. The molecule has 2 rings (SSSR count). The normalized spacial score (nSPS) is 11.2. The predicted octanol–water partition coefficient (Wildman–Crippen LogP) is 3.85. The molecule has 0 fully saturated rings. The summed E-state index contributed by atoms with van der Waals surface area (Å²) in [4.78, 5) is 23.2. The summed E-state index contributed by atoms with van der Waals surface area (Å²) in [5.41, 5.74) is 1.47. The molecule has 1 amide bonds. The number of nitrogens with one attached hydrogen (secondary N) is 1. The van der Waals surface area contributed by atoms with E-state index in [0.717, 1.165) is 5.56 Å². The Balaban J connectivity index is 1.96. The van der Waals surface area contributed by atoms with E-state index in [4.69, 9.17) is 5.11 Å². The lowest BCUT2D eigenvalue weighted by atomic mass is 10.0. The highest BCUT2D eigenvalue weighted by Crippen LogP contribution is 2.23. The number of aromatic carboxylic acids is 1. The van der Waals surface area contributed by atoms with Crippen molar-refractivity contribution in [3.63, 3.8) is 0 Å². The summed E-state index contributed by atoms with van der Waals surface area (Å²) in [5, 5.41) is 11.6. The van der Waals surface area contributed by atoms with Crippen LogP contribution in [0.3, 0.4) is 0 Å². The van der Waals surface area contributed by atoms with Crippen LogP contribution in [-0.2, 0) is 12.8 Å². The van der Waals surface area contributed by atoms with Gasteiger partial charge in [0.2, 0.25) is 0 Å². The van der Waals surface area contributed by atoms with E-state index in [1.165, 1.54) is 24.3 Å². The van der Waals surface area contributed by atoms with Gasteiger partial charge in [0.25, 0.3) is 5.91 Å². The molecule has 0 heterocycles. The number of carboxylic acid groups (broad SMARTS) is 1. The van der Waals surface area contributed by atoms with Crippen LogP contribution in [0.4, 0.5) is 13.2 Å². The quantitative estimate of drug-likeness (QED) is 0.783. The monoisotopic (exact) mass is 365 g/mol. The average molecular weight is 365 g/mol. The van der Waals surface area contributed by atoms with E-state index in [0.29, 0.717) is 12.0 Å². The van der Waals surface area contributed by atoms with E-state index in [1.54, 1.807) is 24.3 Å². The molecule has 4 nitrogen and oxygen atoms in total. The maximum absolute atomic E-state index is 12.4. The molecule has 0 saturated carbocycles. The Morgan fingerprint density at radius 1 is 1.00 bits per heavy atom. The molecule has 2 aromatic rings. The Bertz CT molecular complexity index is 788. The fourth-order valence-corrected chi connectivity index (χ4v) is 2.51. The van der Waals surface area contributed by atoms with Crippen LogP contribution in [0.2, 0.25) is 0 Å². The van der Waals surface area contributed by atoms with Crippen molar-refractivity contribution in [2.75, 3.05) is 6.54 Å². The van der Waals surface area contributed by atoms with Crippen molar-refractivity contribution in [1.82, 2.24) is 5.32 Å². The zero-order valence-corrected chi connectivity index (χ0v) is 13.8. The second-order valence-corrected chi connectivity index (χ2v) is 5.78. The van der Waals surface area contributed by atoms with Crippen LogP contribution in [0.5, 0.6) is 0 Å². The molecule has 0 atom stereocenters. The zero-order valence-electron chi connectivity index (χ0n) is 13.8. The van der Waals surface area contributed by atoms with Crippen molar-refractivity contribution in [3.05, 3.63) is 70.8 Å². The molecular weight excluding hydrogens is 347 g/mol. The van der Waals surface area contributed by atoms with E-state index < -0.39 is 24.5 Å². The fourth-order valence-electron chi connectivity index (χ4n) is 2.51. The Labute approximate surface area is 148 Å². The summed E-state index contributed by atoms with van der Waals surface area (Å²) < 4.78 is 37.2. The van der Waals surface area contributed by atoms with Gasteiger partial charge in [-0.2, -0.15) is 13.2 Å². The van der Waals surface area contributed by atoms with Crippen LogP contribution < -0.4 is 5.32 Å². The molecule has 138 valence electrons. The van der Waals surface area contributed by atoms with Gasteiger partial charge < -0.3 is 10.4 Å². The van der Waals surface area contributed by atoms with Gasteiger partial charge in [-0.15, -0.1) is 0 Å². The number of carboxylic acids is 1. The van der Waals surface area contributed by atoms with Crippen molar-refractivity contribution in [1.29, 1.82) is 0 Å². The first kappa shape index (κ1) is 19.5. The largest absolute Gasteiger partial charge is 0.478 e. The number of alkyl halides is 3. The average Bonchev–Trinajstić information content (AvgIpc) is 2.59. The molecule has 0 aliphatic heterocycles. The molecule has 26 heavy (non-hydrogen) atoms. The van der Waals surface area contributed by atoms with Crippen molar-refractivity contribution in [2.24, 2.45) is 0 Å². The summed E-state index contributed by atoms with van der Waals surface area (Å²) in [6.07, 6.45) is -5.11. The minimum Gasteiger partial charge on any atom is -0.478 e. The lowest BCUT2D eigenvalue weighted by molar-refractivity contribution is -0.134. The Kier molecular flexibility index (Phi) is 6.38. The number of rotatable bonds is 7. The molecule has 0 aliphatic carbocycles. The van der Waals surface area contributed by atoms with Gasteiger partial charge in [0.05, 0.1) is 5.56 Å². The van der Waals surface area contributed by atoms with Crippen LogP contribution in [-0.4, -0.2) is 29.7 Å². The number of carbonyl (C=O) groups is 2. The van der Waals surface area contributed by atoms with Crippen LogP contribution in [0.15, 0.2) is 48.5 Å². The molecule has 0 unspecified atom stereocenters. The van der Waals surface area contributed by atoms with E-state index in [-0.39, 0.29) is 24.1 Å². The van der Waals surface area contributed by atoms with Crippen LogP contribution >= 0.6 is 0 Å². The highest BCUT2D eigenvalue weighted by molar-refractivity contribution is 5.95. The van der Waals surface area contributed by atoms with Gasteiger partial charge in [0.1, 0.15) is 0 Å². The second kappa shape index (κ2) is 8.51. The molecule has 0 aliphatic rings. The summed E-state index contributed by atoms with van der Waals surface area (Å²) in [6.45, 7) is 0.246. The molecule has 2 N–H and O–H groups in total. The Morgan fingerprint density at radius 2 is 1.73 bits per heavy atom. The van der Waals surface area contributed by atoms with E-state index in [2.05, 4.69) is 5.32 Å². The second-order valence-electron chi connectivity index (χ2n) is 5.78. The molecule has 2 aromatic carbocycles. The van der Waals surface area contributed by atoms with Gasteiger partial charge in [0, 0.05) is 18.5 Å². The molecule has 0 bridgehead atoms. The molecule has 7 heteroatoms. The molecule has 0 radical (unpaired) electrons. The number of hydrogen-bond acceptors (Lipinski definition) is 2. The van der Waals surface area contributed by atoms with Crippen LogP contribution in [0, 0.1) is 0 Å². The van der Waals surface area contributed by atoms with Gasteiger partial charge >= 0.3 is 12.1 Å². The molecular formula is C19H18F3NO3. The summed E-state index contributed by atoms with van der Waals surface area (Å²) in [6, 6.07) is 12.6. The first-order valence-corrected chi connectivity index (χ1v) is 8.01. The number of benzene rings is 2. The lowest BCUT2D eigenvalue weighted by Crippen LogP contribution is -2.27. The van der Waals surface area contributed by atoms with Crippen molar-refractivity contribution < 1.29 is 27.9 Å². The molecule has 0 saturated heterocycles. The zero-order chi connectivity index (χ0) is 19.2. The Morgan fingerprint density at radius 3 is 2.42 bits per heavy atom. The first-order valence-electron chi connectivity index (χ1n) is 8.01. The number of carbonyl (C=O) groups excluding carboxylic acids is 1. The van der Waals surface area contributed by atoms with Gasteiger partial charge in [-0.3, -0.25) is 4.79 Å². The fraction of sp³-hybridized carbons (Fsp3) is 0.263. The van der Waals surface area contributed by atoms with Crippen LogP contribution in [0.1, 0.15) is 38.3 Å². The minimum atomic E-state index is -4.28. The van der Waals surface area contributed by atoms with Crippen LogP contribution in [0.25, 0.3) is 0 Å². The number of halogens is 3. The van der Waals surface area contributed by atoms with Crippen molar-refractivity contribution in [3.8, 4) is 0 Å². The summed E-state index contributed by atoms with van der Waals surface area (Å²) in [7, 11) is 0. The van der Waals surface area contributed by atoms with E-state index in [9.17, 15) is 22.8 Å². The third-order valence-corrected chi connectivity index (χ3v) is 3.81. The SMILES string of the molecule is O=C(O)c1cccc(CCNC(=O)c2ccccc2CCC(F)(F)F)c1. The minimum absolute atomic E-state index is 0.159. The van der Waals surface area contributed by atoms with Gasteiger partial charge in [-0.25, -0.2) is 4.79 Å². The van der Waals surface area contributed by atoms with E-state index >= 15 is 0 Å².